The molecule has 0 aliphatic carbocycles. The summed E-state index contributed by atoms with van der Waals surface area (Å²) >= 11 is -8.42. The Balaban J connectivity index is 3.77. The molecule has 0 aromatic heterocycles. The van der Waals surface area contributed by atoms with Crippen molar-refractivity contribution in [3.8, 4) is 0 Å². The van der Waals surface area contributed by atoms with Crippen molar-refractivity contribution in [2.45, 2.75) is 0 Å². The molecule has 0 unspecified atom stereocenters. The van der Waals surface area contributed by atoms with Crippen molar-refractivity contribution >= 4 is 0 Å². The molecule has 5 nitrogen and oxygen atoms in total. The summed E-state index contributed by atoms with van der Waals surface area (Å²) in [6.07, 6.45) is 0. The van der Waals surface area contributed by atoms with Crippen molar-refractivity contribution in [2.24, 2.45) is 0 Å². The molecule has 0 aromatic rings. The molecule has 0 aliphatic heterocycles. The molecule has 0 rings (SSSR count). The summed E-state index contributed by atoms with van der Waals surface area (Å²) in [5.41, 5.74) is 0. The molecule has 0 radical (unpaired) electrons. The Kier molecular flexibility index (Phi) is 3.80. The van der Waals surface area contributed by atoms with E-state index < -0.39 is 35.2 Å². The summed E-state index contributed by atoms with van der Waals surface area (Å²) in [7, 11) is 0. The maximum atomic E-state index is 9.40. The molecule has 42 valence electrons. The predicted octanol–water partition coefficient (Wildman–Crippen LogP) is -0.549. The third-order valence-electron chi connectivity index (χ3n) is 0.111. The Hall–Kier alpha value is 0.537. The number of hydrogen-bond acceptors (Lipinski definition) is 5. The summed E-state index contributed by atoms with van der Waals surface area (Å²) in [6.45, 7) is 0. The molecule has 0 spiro atoms. The minimum absolute atomic E-state index is 3.42. The topological polar surface area (TPSA) is 77.5 Å². The van der Waals surface area contributed by atoms with Gasteiger partial charge in [0.25, 0.3) is 0 Å². The van der Waals surface area contributed by atoms with Crippen molar-refractivity contribution in [3.05, 3.63) is 0 Å². The second-order valence-corrected chi connectivity index (χ2v) is 7.90. The molecular weight excluding hydrogens is 448 g/mol. The van der Waals surface area contributed by atoms with Gasteiger partial charge in [0.15, 0.2) is 0 Å². The monoisotopic (exact) mass is 448 g/mol. The van der Waals surface area contributed by atoms with Crippen LogP contribution in [0.15, 0.2) is 0 Å². The van der Waals surface area contributed by atoms with Crippen LogP contribution in [0.4, 0.5) is 0 Å². The van der Waals surface area contributed by atoms with Crippen molar-refractivity contribution in [1.82, 2.24) is 0 Å². The average molecular weight is 448 g/mol. The summed E-state index contributed by atoms with van der Waals surface area (Å²) in [5, 5.41) is 0. The van der Waals surface area contributed by atoms with Crippen LogP contribution >= 0.6 is 0 Å². The van der Waals surface area contributed by atoms with Crippen LogP contribution in [-0.2, 0) is 50.9 Å². The molecule has 0 saturated heterocycles. The molecule has 7 heteroatoms. The van der Waals surface area contributed by atoms with E-state index in [0.29, 0.717) is 0 Å². The minimum atomic E-state index is -4.21. The van der Waals surface area contributed by atoms with Gasteiger partial charge in [0.05, 0.1) is 0 Å². The molecule has 0 aromatic carbocycles. The van der Waals surface area contributed by atoms with Crippen LogP contribution in [0.3, 0.4) is 0 Å². The first-order valence-corrected chi connectivity index (χ1v) is 8.19. The van der Waals surface area contributed by atoms with Gasteiger partial charge in [-0.1, -0.05) is 0 Å². The molecule has 7 heavy (non-hydrogen) atoms. The first-order valence-electron chi connectivity index (χ1n) is 1.00. The van der Waals surface area contributed by atoms with Crippen LogP contribution in [0.5, 0.6) is 0 Å². The third kappa shape index (κ3) is 6.54. The van der Waals surface area contributed by atoms with Gasteiger partial charge in [-0.2, -0.15) is 0 Å². The van der Waals surface area contributed by atoms with Crippen LogP contribution < -0.4 is 0 Å². The summed E-state index contributed by atoms with van der Waals surface area (Å²) in [4.78, 5) is 0. The molecule has 0 atom stereocenters. The van der Waals surface area contributed by atoms with E-state index in [-0.39, 0.29) is 0 Å². The Morgan fingerprint density at radius 3 is 1.14 bits per heavy atom. The van der Waals surface area contributed by atoms with Gasteiger partial charge >= 0.3 is 50.9 Å². The fourth-order valence-electron chi connectivity index (χ4n) is 0.0454. The van der Waals surface area contributed by atoms with E-state index in [1.165, 1.54) is 0 Å². The van der Waals surface area contributed by atoms with Gasteiger partial charge in [0, 0.05) is 0 Å². The zero-order chi connectivity index (χ0) is 5.86. The quantitative estimate of drug-likeness (QED) is 0.568. The molecule has 0 amide bonds. The normalized spacial score (nSPS) is 8.00. The second kappa shape index (κ2) is 3.53. The van der Waals surface area contributed by atoms with Gasteiger partial charge in [-0.15, -0.1) is 0 Å². The summed E-state index contributed by atoms with van der Waals surface area (Å²) in [6, 6.07) is 0. The molecule has 0 aliphatic rings. The molecule has 0 heterocycles. The zero-order valence-electron chi connectivity index (χ0n) is 2.86. The maximum absolute atomic E-state index is 9.40. The molecule has 0 N–H and O–H groups in total. The molecule has 0 fully saturated rings. The Bertz CT molecular complexity index is 135. The average Bonchev–Trinajstić information content (AvgIpc) is 1.27. The van der Waals surface area contributed by atoms with Gasteiger partial charge in [-0.25, -0.2) is 0 Å². The zero-order valence-corrected chi connectivity index (χ0v) is 8.72. The Labute approximate surface area is 50.9 Å². The van der Waals surface area contributed by atoms with Crippen LogP contribution in [0.2, 0.25) is 0 Å². The van der Waals surface area contributed by atoms with Gasteiger partial charge in [0.2, 0.25) is 0 Å². The molecule has 0 bridgehead atoms. The first kappa shape index (κ1) is 7.54. The van der Waals surface area contributed by atoms with Crippen molar-refractivity contribution in [1.29, 1.82) is 0 Å². The van der Waals surface area contributed by atoms with E-state index >= 15 is 0 Å². The van der Waals surface area contributed by atoms with Crippen LogP contribution in [0.25, 0.3) is 0 Å². The van der Waals surface area contributed by atoms with Crippen LogP contribution in [-0.4, -0.2) is 0 Å². The fourth-order valence-corrected chi connectivity index (χ4v) is 3.04. The molecular formula is O5W2. The van der Waals surface area contributed by atoms with Crippen molar-refractivity contribution in [2.75, 3.05) is 0 Å². The van der Waals surface area contributed by atoms with Crippen molar-refractivity contribution < 1.29 is 50.9 Å². The number of rotatable bonds is 2. The second-order valence-electron chi connectivity index (χ2n) is 0.476. The first-order chi connectivity index (χ1) is 3.13. The van der Waals surface area contributed by atoms with Crippen LogP contribution in [0.1, 0.15) is 0 Å². The number of hydrogen-bond donors (Lipinski definition) is 0. The van der Waals surface area contributed by atoms with Crippen LogP contribution in [0, 0.1) is 0 Å². The standard InChI is InChI=1S/5O.2W. The van der Waals surface area contributed by atoms with Gasteiger partial charge in [-0.3, -0.25) is 0 Å². The third-order valence-corrected chi connectivity index (χ3v) is 7.44. The SMILES string of the molecule is [O]=[W](=[O])[O][W](=[O])=[O]. The Morgan fingerprint density at radius 2 is 1.14 bits per heavy atom. The van der Waals surface area contributed by atoms with Gasteiger partial charge < -0.3 is 0 Å². The fraction of sp³-hybridized carbons (Fsp3) is 0. The van der Waals surface area contributed by atoms with Crippen molar-refractivity contribution in [3.63, 3.8) is 0 Å². The van der Waals surface area contributed by atoms with E-state index in [9.17, 15) is 13.6 Å². The van der Waals surface area contributed by atoms with E-state index in [1.54, 1.807) is 0 Å². The van der Waals surface area contributed by atoms with E-state index in [4.69, 9.17) is 0 Å². The summed E-state index contributed by atoms with van der Waals surface area (Å²) in [5.74, 6) is 0. The van der Waals surface area contributed by atoms with Gasteiger partial charge in [0.1, 0.15) is 0 Å². The Morgan fingerprint density at radius 1 is 0.857 bits per heavy atom. The summed E-state index contributed by atoms with van der Waals surface area (Å²) < 4.78 is 41.0. The predicted molar refractivity (Wildman–Crippen MR) is 3.83 cm³/mol. The molecule has 0 saturated carbocycles. The van der Waals surface area contributed by atoms with E-state index in [1.807, 2.05) is 0 Å². The van der Waals surface area contributed by atoms with E-state index in [0.717, 1.165) is 0 Å². The van der Waals surface area contributed by atoms with Gasteiger partial charge in [-0.05, 0) is 0 Å². The van der Waals surface area contributed by atoms with E-state index in [2.05, 4.69) is 2.04 Å².